The minimum atomic E-state index is 0.147. The average molecular weight is 380 g/mol. The normalized spacial score (nSPS) is 20.0. The van der Waals surface area contributed by atoms with Crippen molar-refractivity contribution in [3.63, 3.8) is 0 Å². The topological polar surface area (TPSA) is 67.4 Å². The fourth-order valence-corrected chi connectivity index (χ4v) is 4.12. The molecule has 0 bridgehead atoms. The molecule has 1 atom stereocenters. The largest absolute Gasteiger partial charge is 0.379 e. The molecule has 1 saturated heterocycles. The molecule has 4 rings (SSSR count). The van der Waals surface area contributed by atoms with Gasteiger partial charge in [0, 0.05) is 32.3 Å². The Morgan fingerprint density at radius 1 is 1.21 bits per heavy atom. The van der Waals surface area contributed by atoms with Crippen molar-refractivity contribution >= 4 is 11.7 Å². The van der Waals surface area contributed by atoms with Crippen molar-refractivity contribution in [2.24, 2.45) is 0 Å². The van der Waals surface area contributed by atoms with E-state index < -0.39 is 0 Å². The van der Waals surface area contributed by atoms with Crippen molar-refractivity contribution in [2.75, 3.05) is 44.7 Å². The molecule has 28 heavy (non-hydrogen) atoms. The van der Waals surface area contributed by atoms with Crippen LogP contribution in [0.25, 0.3) is 0 Å². The van der Waals surface area contributed by atoms with Gasteiger partial charge in [0.15, 0.2) is 5.78 Å². The number of Topliss-reactive ketones (excluding diaryl/α,β-unsaturated/α-hetero) is 1. The predicted octanol–water partition coefficient (Wildman–Crippen LogP) is 2.83. The van der Waals surface area contributed by atoms with Crippen LogP contribution >= 0.6 is 0 Å². The highest BCUT2D eigenvalue weighted by Crippen LogP contribution is 2.33. The Labute approximate surface area is 166 Å². The Bertz CT molecular complexity index is 833. The first-order valence-corrected chi connectivity index (χ1v) is 10.2. The summed E-state index contributed by atoms with van der Waals surface area (Å²) in [6, 6.07) is 8.32. The number of morpholine rings is 1. The molecular formula is C22H28N4O2. The second kappa shape index (κ2) is 8.80. The highest BCUT2D eigenvalue weighted by atomic mass is 16.5. The highest BCUT2D eigenvalue weighted by Gasteiger charge is 2.28. The number of aryl methyl sites for hydroxylation is 1. The van der Waals surface area contributed by atoms with Gasteiger partial charge in [0.1, 0.15) is 0 Å². The molecule has 6 nitrogen and oxygen atoms in total. The molecule has 0 amide bonds. The maximum absolute atomic E-state index is 12.6. The van der Waals surface area contributed by atoms with E-state index in [2.05, 4.69) is 39.2 Å². The summed E-state index contributed by atoms with van der Waals surface area (Å²) in [4.78, 5) is 24.1. The van der Waals surface area contributed by atoms with Gasteiger partial charge in [0.25, 0.3) is 0 Å². The Kier molecular flexibility index (Phi) is 5.98. The van der Waals surface area contributed by atoms with E-state index in [4.69, 9.17) is 4.74 Å². The number of carbonyl (C=O) groups is 1. The van der Waals surface area contributed by atoms with E-state index in [1.54, 1.807) is 6.20 Å². The molecule has 6 heteroatoms. The van der Waals surface area contributed by atoms with Gasteiger partial charge < -0.3 is 10.1 Å². The average Bonchev–Trinajstić information content (AvgIpc) is 2.72. The van der Waals surface area contributed by atoms with E-state index in [-0.39, 0.29) is 11.7 Å². The van der Waals surface area contributed by atoms with Crippen LogP contribution in [0.2, 0.25) is 0 Å². The number of ether oxygens (including phenoxy) is 1. The summed E-state index contributed by atoms with van der Waals surface area (Å²) in [5.74, 6) is 0.970. The summed E-state index contributed by atoms with van der Waals surface area (Å²) in [6.45, 7) is 7.67. The first-order chi connectivity index (χ1) is 13.7. The Morgan fingerprint density at radius 2 is 2.04 bits per heavy atom. The number of hydrogen-bond acceptors (Lipinski definition) is 6. The Hall–Kier alpha value is -2.31. The van der Waals surface area contributed by atoms with Crippen LogP contribution in [-0.2, 0) is 11.2 Å². The second-order valence-corrected chi connectivity index (χ2v) is 7.67. The first-order valence-electron chi connectivity index (χ1n) is 10.2. The van der Waals surface area contributed by atoms with Crippen molar-refractivity contribution in [2.45, 2.75) is 32.1 Å². The molecule has 0 radical (unpaired) electrons. The summed E-state index contributed by atoms with van der Waals surface area (Å²) >= 11 is 0. The van der Waals surface area contributed by atoms with Gasteiger partial charge in [-0.2, -0.15) is 0 Å². The summed E-state index contributed by atoms with van der Waals surface area (Å²) in [7, 11) is 0. The molecule has 1 N–H and O–H groups in total. The van der Waals surface area contributed by atoms with Gasteiger partial charge in [-0.05, 0) is 43.4 Å². The van der Waals surface area contributed by atoms with Gasteiger partial charge in [-0.25, -0.2) is 9.97 Å². The molecule has 1 aliphatic carbocycles. The van der Waals surface area contributed by atoms with Crippen molar-refractivity contribution in [3.05, 3.63) is 52.8 Å². The van der Waals surface area contributed by atoms with Crippen LogP contribution in [0.4, 0.5) is 5.95 Å². The lowest BCUT2D eigenvalue weighted by molar-refractivity contribution is 0.0378. The van der Waals surface area contributed by atoms with E-state index >= 15 is 0 Å². The zero-order chi connectivity index (χ0) is 19.3. The number of rotatable bonds is 6. The van der Waals surface area contributed by atoms with Gasteiger partial charge >= 0.3 is 0 Å². The van der Waals surface area contributed by atoms with E-state index in [0.29, 0.717) is 17.9 Å². The highest BCUT2D eigenvalue weighted by molar-refractivity contribution is 5.98. The van der Waals surface area contributed by atoms with E-state index in [0.717, 1.165) is 57.9 Å². The smallest absolute Gasteiger partial charge is 0.222 e. The maximum atomic E-state index is 12.6. The van der Waals surface area contributed by atoms with Crippen molar-refractivity contribution in [1.82, 2.24) is 14.9 Å². The predicted molar refractivity (Wildman–Crippen MR) is 109 cm³/mol. The maximum Gasteiger partial charge on any atom is 0.222 e. The van der Waals surface area contributed by atoms with Crippen LogP contribution in [0.15, 0.2) is 30.5 Å². The Balaban J connectivity index is 1.38. The van der Waals surface area contributed by atoms with Gasteiger partial charge in [-0.3, -0.25) is 9.69 Å². The summed E-state index contributed by atoms with van der Waals surface area (Å²) in [5, 5.41) is 3.32. The van der Waals surface area contributed by atoms with Crippen molar-refractivity contribution in [1.29, 1.82) is 0 Å². The molecule has 1 fully saturated rings. The molecule has 0 spiro atoms. The standard InChI is InChI=1S/C22H28N4O2/c1-16-5-2-3-6-18(16)17-13-20-19(21(27)14-17)15-24-22(25-20)23-7-4-8-26-9-11-28-12-10-26/h2-3,5-6,15,17H,4,7-14H2,1H3,(H,23,24,25)/t17-/m1/s1. The minimum Gasteiger partial charge on any atom is -0.379 e. The van der Waals surface area contributed by atoms with Crippen LogP contribution in [-0.4, -0.2) is 60.0 Å². The zero-order valence-electron chi connectivity index (χ0n) is 16.5. The van der Waals surface area contributed by atoms with Gasteiger partial charge in [0.2, 0.25) is 5.95 Å². The third-order valence-corrected chi connectivity index (χ3v) is 5.71. The molecule has 2 aromatic rings. The lowest BCUT2D eigenvalue weighted by Gasteiger charge is -2.26. The number of carbonyl (C=O) groups excluding carboxylic acids is 1. The molecule has 148 valence electrons. The molecule has 0 unspecified atom stereocenters. The number of fused-ring (bicyclic) bond motifs is 1. The summed E-state index contributed by atoms with van der Waals surface area (Å²) in [5.41, 5.74) is 4.04. The summed E-state index contributed by atoms with van der Waals surface area (Å²) < 4.78 is 5.38. The van der Waals surface area contributed by atoms with E-state index in [1.165, 1.54) is 11.1 Å². The van der Waals surface area contributed by atoms with Crippen LogP contribution in [0.3, 0.4) is 0 Å². The molecule has 1 aromatic carbocycles. The first kappa shape index (κ1) is 19.0. The molecule has 1 aliphatic heterocycles. The van der Waals surface area contributed by atoms with Crippen LogP contribution in [0, 0.1) is 6.92 Å². The molecule has 2 heterocycles. The number of anilines is 1. The molecular weight excluding hydrogens is 352 g/mol. The number of aromatic nitrogens is 2. The van der Waals surface area contributed by atoms with Gasteiger partial charge in [-0.15, -0.1) is 0 Å². The Morgan fingerprint density at radius 3 is 2.86 bits per heavy atom. The van der Waals surface area contributed by atoms with Crippen molar-refractivity contribution < 1.29 is 9.53 Å². The number of ketones is 1. The number of hydrogen-bond donors (Lipinski definition) is 1. The fourth-order valence-electron chi connectivity index (χ4n) is 4.12. The monoisotopic (exact) mass is 380 g/mol. The molecule has 2 aliphatic rings. The lowest BCUT2D eigenvalue weighted by Crippen LogP contribution is -2.37. The third kappa shape index (κ3) is 4.39. The van der Waals surface area contributed by atoms with Crippen LogP contribution < -0.4 is 5.32 Å². The van der Waals surface area contributed by atoms with Crippen LogP contribution in [0.5, 0.6) is 0 Å². The van der Waals surface area contributed by atoms with Gasteiger partial charge in [-0.1, -0.05) is 24.3 Å². The third-order valence-electron chi connectivity index (χ3n) is 5.71. The van der Waals surface area contributed by atoms with Crippen molar-refractivity contribution in [3.8, 4) is 0 Å². The molecule has 1 aromatic heterocycles. The quantitative estimate of drug-likeness (QED) is 0.778. The number of nitrogens with zero attached hydrogens (tertiary/aromatic N) is 3. The SMILES string of the molecule is Cc1ccccc1[C@H]1CC(=O)c2cnc(NCCCN3CCOCC3)nc2C1. The number of nitrogens with one attached hydrogen (secondary N) is 1. The second-order valence-electron chi connectivity index (χ2n) is 7.67. The summed E-state index contributed by atoms with van der Waals surface area (Å²) in [6.07, 6.45) is 4.05. The van der Waals surface area contributed by atoms with Gasteiger partial charge in [0.05, 0.1) is 24.5 Å². The van der Waals surface area contributed by atoms with E-state index in [1.807, 2.05) is 12.1 Å². The minimum absolute atomic E-state index is 0.147. The lowest BCUT2D eigenvalue weighted by atomic mass is 9.81. The van der Waals surface area contributed by atoms with E-state index in [9.17, 15) is 4.79 Å². The number of benzene rings is 1. The fraction of sp³-hybridized carbons (Fsp3) is 0.500. The van der Waals surface area contributed by atoms with Crippen LogP contribution in [0.1, 0.15) is 45.9 Å². The molecule has 0 saturated carbocycles. The zero-order valence-corrected chi connectivity index (χ0v) is 16.5.